The zero-order valence-corrected chi connectivity index (χ0v) is 60.6. The molecule has 0 spiro atoms. The van der Waals surface area contributed by atoms with E-state index in [9.17, 15) is 45.6 Å². The highest BCUT2D eigenvalue weighted by Gasteiger charge is 2.51. The summed E-state index contributed by atoms with van der Waals surface area (Å²) in [4.78, 5) is 13.4. The molecule has 2 saturated heterocycles. The van der Waals surface area contributed by atoms with E-state index in [0.717, 1.165) is 109 Å². The lowest BCUT2D eigenvalue weighted by atomic mass is 9.97. The van der Waals surface area contributed by atoms with Crippen molar-refractivity contribution >= 4 is 5.91 Å². The van der Waals surface area contributed by atoms with E-state index in [2.05, 4.69) is 129 Å². The summed E-state index contributed by atoms with van der Waals surface area (Å²) in [6.45, 7) is 2.78. The Morgan fingerprint density at radius 2 is 0.719 bits per heavy atom. The predicted octanol–water partition coefficient (Wildman–Crippen LogP) is 17.5. The van der Waals surface area contributed by atoms with E-state index in [4.69, 9.17) is 18.9 Å². The normalized spacial score (nSPS) is 22.9. The van der Waals surface area contributed by atoms with E-state index in [1.807, 2.05) is 0 Å². The van der Waals surface area contributed by atoms with E-state index in [0.29, 0.717) is 19.3 Å². The molecule has 12 unspecified atom stereocenters. The van der Waals surface area contributed by atoms with Crippen LogP contribution in [0.5, 0.6) is 0 Å². The van der Waals surface area contributed by atoms with Gasteiger partial charge >= 0.3 is 0 Å². The molecule has 0 aliphatic carbocycles. The molecule has 14 heteroatoms. The number of carbonyl (C=O) groups is 1. The summed E-state index contributed by atoms with van der Waals surface area (Å²) in [5.74, 6) is -0.210. The van der Waals surface area contributed by atoms with Crippen molar-refractivity contribution in [3.05, 3.63) is 109 Å². The maximum atomic E-state index is 13.4. The molecule has 0 aromatic rings. The van der Waals surface area contributed by atoms with Crippen LogP contribution in [0.15, 0.2) is 109 Å². The number of aliphatic hydroxyl groups is 8. The molecule has 12 atom stereocenters. The van der Waals surface area contributed by atoms with E-state index in [1.165, 1.54) is 167 Å². The Bertz CT molecular complexity index is 2030. The minimum Gasteiger partial charge on any atom is -0.394 e. The molecule has 2 aliphatic heterocycles. The first-order valence-electron chi connectivity index (χ1n) is 39.1. The first-order chi connectivity index (χ1) is 47.1. The summed E-state index contributed by atoms with van der Waals surface area (Å²) in [6, 6.07) is -0.839. The second-order valence-electron chi connectivity index (χ2n) is 27.1. The monoisotopic (exact) mass is 1350 g/mol. The molecule has 0 saturated carbocycles. The van der Waals surface area contributed by atoms with Crippen molar-refractivity contribution < 1.29 is 64.6 Å². The molecule has 2 rings (SSSR count). The molecule has 2 heterocycles. The fourth-order valence-corrected chi connectivity index (χ4v) is 12.4. The molecule has 2 aliphatic rings. The fraction of sp³-hybridized carbons (Fsp3) is 0.768. The van der Waals surface area contributed by atoms with Crippen LogP contribution in [0.4, 0.5) is 0 Å². The molecule has 96 heavy (non-hydrogen) atoms. The second kappa shape index (κ2) is 65.0. The van der Waals surface area contributed by atoms with Crippen LogP contribution < -0.4 is 5.32 Å². The number of hydrogen-bond acceptors (Lipinski definition) is 13. The Labute approximate surface area is 585 Å². The van der Waals surface area contributed by atoms with Crippen molar-refractivity contribution in [1.82, 2.24) is 5.32 Å². The maximum absolute atomic E-state index is 13.4. The van der Waals surface area contributed by atoms with E-state index >= 15 is 0 Å². The van der Waals surface area contributed by atoms with Crippen LogP contribution in [0.25, 0.3) is 0 Å². The molecule has 0 bridgehead atoms. The third-order valence-corrected chi connectivity index (χ3v) is 18.5. The first kappa shape index (κ1) is 88.7. The topological polar surface area (TPSA) is 228 Å². The SMILES string of the molecule is CC/C=C\C/C=C\C/C=C\C/C=C\C/C=C\C/C=C\C/C=C\C/C=C\C/C=C\CCCCCCCCCCCCCC(=O)NC(COC1OC(CO)C(OC2OC(CO)C(O)C(O)C2O)C(O)C1O)C(O)CCCCCCCCCCCCCCCCCCCCCCCCC. The summed E-state index contributed by atoms with van der Waals surface area (Å²) in [5.41, 5.74) is 0. The van der Waals surface area contributed by atoms with Crippen molar-refractivity contribution in [3.8, 4) is 0 Å². The van der Waals surface area contributed by atoms with Crippen molar-refractivity contribution in [2.24, 2.45) is 0 Å². The minimum absolute atomic E-state index is 0.210. The number of ether oxygens (including phenoxy) is 4. The molecule has 554 valence electrons. The van der Waals surface area contributed by atoms with Crippen molar-refractivity contribution in [1.29, 1.82) is 0 Å². The molecule has 0 radical (unpaired) electrons. The van der Waals surface area contributed by atoms with Gasteiger partial charge in [-0.3, -0.25) is 4.79 Å². The number of unbranched alkanes of at least 4 members (excludes halogenated alkanes) is 33. The van der Waals surface area contributed by atoms with Crippen LogP contribution in [0.2, 0.25) is 0 Å². The van der Waals surface area contributed by atoms with Crippen LogP contribution in [0, 0.1) is 0 Å². The van der Waals surface area contributed by atoms with E-state index < -0.39 is 86.8 Å². The van der Waals surface area contributed by atoms with Gasteiger partial charge in [0.15, 0.2) is 12.6 Å². The lowest BCUT2D eigenvalue weighted by Crippen LogP contribution is -2.65. The fourth-order valence-electron chi connectivity index (χ4n) is 12.4. The number of nitrogens with one attached hydrogen (secondary N) is 1. The lowest BCUT2D eigenvalue weighted by molar-refractivity contribution is -0.359. The van der Waals surface area contributed by atoms with Crippen molar-refractivity contribution in [2.45, 2.75) is 383 Å². The lowest BCUT2D eigenvalue weighted by Gasteiger charge is -2.46. The smallest absolute Gasteiger partial charge is 0.220 e. The van der Waals surface area contributed by atoms with Gasteiger partial charge in [-0.25, -0.2) is 0 Å². The molecule has 0 aromatic heterocycles. The molecule has 14 nitrogen and oxygen atoms in total. The molecule has 2 fully saturated rings. The maximum Gasteiger partial charge on any atom is 0.220 e. The van der Waals surface area contributed by atoms with Crippen LogP contribution in [0.3, 0.4) is 0 Å². The standard InChI is InChI=1S/C82H143NO13/c1-3-5-7-9-11-13-15-17-19-21-23-25-27-28-29-30-31-32-33-34-35-36-37-38-39-40-41-42-44-46-48-50-52-54-56-58-60-62-64-66-74(87)83-70(69-93-81-79(92)77(90)80(73(68-85)95-81)96-82-78(91)76(89)75(88)72(67-84)94-82)71(86)65-63-61-59-57-55-53-51-49-47-45-43-26-24-22-20-18-16-14-12-10-8-6-4-2/h5,7,11,13,17,19,23,25,28-29,31-32,34-35,37-38,40-41,70-73,75-82,84-86,88-92H,3-4,6,8-10,12,14-16,18,20-22,24,26-27,30,33,36,39,42-69H2,1-2H3,(H,83,87)/b7-5-,13-11-,19-17-,25-23-,29-28-,32-31-,35-34-,38-37-,41-40-. The Kier molecular flexibility index (Phi) is 60.1. The van der Waals surface area contributed by atoms with Crippen molar-refractivity contribution in [3.63, 3.8) is 0 Å². The Hall–Kier alpha value is -3.35. The summed E-state index contributed by atoms with van der Waals surface area (Å²) in [6.07, 6.45) is 76.8. The number of rotatable bonds is 64. The van der Waals surface area contributed by atoms with Crippen LogP contribution >= 0.6 is 0 Å². The van der Waals surface area contributed by atoms with Gasteiger partial charge in [-0.15, -0.1) is 0 Å². The number of allylic oxidation sites excluding steroid dienone is 18. The van der Waals surface area contributed by atoms with Gasteiger partial charge in [-0.2, -0.15) is 0 Å². The van der Waals surface area contributed by atoms with Crippen LogP contribution in [0.1, 0.15) is 309 Å². The molecular weight excluding hydrogens is 1210 g/mol. The van der Waals surface area contributed by atoms with Gasteiger partial charge < -0.3 is 65.1 Å². The third-order valence-electron chi connectivity index (χ3n) is 18.5. The van der Waals surface area contributed by atoms with Gasteiger partial charge in [0.1, 0.15) is 48.8 Å². The predicted molar refractivity (Wildman–Crippen MR) is 396 cm³/mol. The van der Waals surface area contributed by atoms with Crippen molar-refractivity contribution in [2.75, 3.05) is 19.8 Å². The van der Waals surface area contributed by atoms with Gasteiger partial charge in [-0.05, 0) is 83.5 Å². The van der Waals surface area contributed by atoms with E-state index in [1.54, 1.807) is 0 Å². The van der Waals surface area contributed by atoms with E-state index in [-0.39, 0.29) is 12.5 Å². The highest BCUT2D eigenvalue weighted by atomic mass is 16.7. The zero-order valence-electron chi connectivity index (χ0n) is 60.6. The Balaban J connectivity index is 1.62. The second-order valence-corrected chi connectivity index (χ2v) is 27.1. The van der Waals surface area contributed by atoms with Gasteiger partial charge in [0.25, 0.3) is 0 Å². The highest BCUT2D eigenvalue weighted by Crippen LogP contribution is 2.30. The quantitative estimate of drug-likeness (QED) is 0.0204. The van der Waals surface area contributed by atoms with Gasteiger partial charge in [0.05, 0.1) is 32.0 Å². The average Bonchev–Trinajstić information content (AvgIpc) is 0.806. The summed E-state index contributed by atoms with van der Waals surface area (Å²) < 4.78 is 23.0. The van der Waals surface area contributed by atoms with Crippen LogP contribution in [-0.4, -0.2) is 140 Å². The number of amides is 1. The minimum atomic E-state index is -1.79. The zero-order chi connectivity index (χ0) is 69.4. The van der Waals surface area contributed by atoms with Crippen LogP contribution in [-0.2, 0) is 23.7 Å². The Morgan fingerprint density at radius 1 is 0.385 bits per heavy atom. The molecule has 9 N–H and O–H groups in total. The van der Waals surface area contributed by atoms with Gasteiger partial charge in [-0.1, -0.05) is 329 Å². The summed E-state index contributed by atoms with van der Waals surface area (Å²) >= 11 is 0. The largest absolute Gasteiger partial charge is 0.394 e. The highest BCUT2D eigenvalue weighted by molar-refractivity contribution is 5.76. The molecular formula is C82H143NO13. The number of aliphatic hydroxyl groups excluding tert-OH is 8. The average molecular weight is 1350 g/mol. The number of carbonyl (C=O) groups excluding carboxylic acids is 1. The van der Waals surface area contributed by atoms with Gasteiger partial charge in [0.2, 0.25) is 5.91 Å². The third kappa shape index (κ3) is 47.7. The molecule has 1 amide bonds. The number of hydrogen-bond donors (Lipinski definition) is 9. The summed E-state index contributed by atoms with van der Waals surface area (Å²) in [7, 11) is 0. The Morgan fingerprint density at radius 3 is 1.10 bits per heavy atom. The molecule has 0 aromatic carbocycles. The first-order valence-corrected chi connectivity index (χ1v) is 39.1. The van der Waals surface area contributed by atoms with Gasteiger partial charge in [0, 0.05) is 6.42 Å². The summed E-state index contributed by atoms with van der Waals surface area (Å²) in [5, 5.41) is 87.8.